The highest BCUT2D eigenvalue weighted by Crippen LogP contribution is 2.37. The molecule has 2 aromatic heterocycles. The number of imidazole rings is 1. The molecule has 2 aliphatic rings. The molecule has 2 aromatic rings. The molecular weight excluding hydrogens is 356 g/mol. The summed E-state index contributed by atoms with van der Waals surface area (Å²) in [5.74, 6) is 1.49. The van der Waals surface area contributed by atoms with Crippen LogP contribution in [0.5, 0.6) is 0 Å². The molecule has 0 spiro atoms. The summed E-state index contributed by atoms with van der Waals surface area (Å²) >= 11 is 9.63. The molecule has 0 aromatic carbocycles. The lowest BCUT2D eigenvalue weighted by Gasteiger charge is -2.34. The van der Waals surface area contributed by atoms with Crippen LogP contribution >= 0.6 is 27.5 Å². The Kier molecular flexibility index (Phi) is 3.19. The number of nitrogens with zero attached hydrogens (tertiary/aromatic N) is 4. The summed E-state index contributed by atoms with van der Waals surface area (Å²) in [6, 6.07) is 0.439. The number of hydrogen-bond acceptors (Lipinski definition) is 3. The summed E-state index contributed by atoms with van der Waals surface area (Å²) in [7, 11) is 0. The van der Waals surface area contributed by atoms with E-state index in [2.05, 4.69) is 25.9 Å². The Labute approximate surface area is 135 Å². The molecule has 0 N–H and O–H groups in total. The highest BCUT2D eigenvalue weighted by molar-refractivity contribution is 9.10. The standard InChI is InChI=1S/C14H14BrClN4O/c15-12-11-13(16)17-5-6-19(11)14(18-12)8-1-2-9-3-4-10(21)20(9)7-8/h5-6,8-9H,1-4,7H2/t8-,9+/m1/s1. The molecule has 110 valence electrons. The maximum atomic E-state index is 12.0. The summed E-state index contributed by atoms with van der Waals surface area (Å²) in [5.41, 5.74) is 0.795. The Morgan fingerprint density at radius 3 is 3.05 bits per heavy atom. The van der Waals surface area contributed by atoms with Crippen LogP contribution in [-0.2, 0) is 4.79 Å². The first-order valence-electron chi connectivity index (χ1n) is 7.12. The van der Waals surface area contributed by atoms with Gasteiger partial charge in [0.2, 0.25) is 5.91 Å². The molecule has 5 nitrogen and oxygen atoms in total. The van der Waals surface area contributed by atoms with E-state index in [1.165, 1.54) is 0 Å². The van der Waals surface area contributed by atoms with Gasteiger partial charge in [-0.05, 0) is 35.2 Å². The predicted octanol–water partition coefficient (Wildman–Crippen LogP) is 3.01. The van der Waals surface area contributed by atoms with Gasteiger partial charge in [0.15, 0.2) is 5.15 Å². The van der Waals surface area contributed by atoms with Crippen LogP contribution in [0.15, 0.2) is 17.0 Å². The molecule has 0 unspecified atom stereocenters. The number of carbonyl (C=O) groups excluding carboxylic acids is 1. The second-order valence-electron chi connectivity index (χ2n) is 5.71. The van der Waals surface area contributed by atoms with Gasteiger partial charge in [0.25, 0.3) is 0 Å². The van der Waals surface area contributed by atoms with Crippen LogP contribution in [-0.4, -0.2) is 37.8 Å². The van der Waals surface area contributed by atoms with Gasteiger partial charge in [-0.1, -0.05) is 11.6 Å². The summed E-state index contributed by atoms with van der Waals surface area (Å²) in [4.78, 5) is 22.7. The zero-order chi connectivity index (χ0) is 14.6. The SMILES string of the molecule is O=C1CC[C@@H]2CC[C@@H](c3nc(Br)c4c(Cl)nccn34)CN12. The van der Waals surface area contributed by atoms with Crippen molar-refractivity contribution in [3.63, 3.8) is 0 Å². The maximum absolute atomic E-state index is 12.0. The third-order valence-corrected chi connectivity index (χ3v) is 5.41. The molecule has 2 fully saturated rings. The molecule has 0 aliphatic carbocycles. The van der Waals surface area contributed by atoms with Crippen molar-refractivity contribution >= 4 is 39.0 Å². The summed E-state index contributed by atoms with van der Waals surface area (Å²) in [5, 5.41) is 0.439. The van der Waals surface area contributed by atoms with E-state index in [4.69, 9.17) is 11.6 Å². The third kappa shape index (κ3) is 2.07. The second kappa shape index (κ2) is 4.95. The monoisotopic (exact) mass is 368 g/mol. The lowest BCUT2D eigenvalue weighted by atomic mass is 9.93. The minimum atomic E-state index is 0.251. The molecule has 4 heterocycles. The first-order chi connectivity index (χ1) is 10.1. The number of halogens is 2. The highest BCUT2D eigenvalue weighted by Gasteiger charge is 2.38. The van der Waals surface area contributed by atoms with Crippen LogP contribution in [0.25, 0.3) is 5.52 Å². The van der Waals surface area contributed by atoms with Crippen molar-refractivity contribution in [2.45, 2.75) is 37.6 Å². The number of rotatable bonds is 1. The molecule has 21 heavy (non-hydrogen) atoms. The fourth-order valence-electron chi connectivity index (χ4n) is 3.55. The van der Waals surface area contributed by atoms with Gasteiger partial charge >= 0.3 is 0 Å². The summed E-state index contributed by atoms with van der Waals surface area (Å²) < 4.78 is 2.70. The van der Waals surface area contributed by atoms with Crippen LogP contribution in [0, 0.1) is 0 Å². The number of fused-ring (bicyclic) bond motifs is 2. The zero-order valence-corrected chi connectivity index (χ0v) is 13.6. The molecular formula is C14H14BrClN4O. The Hall–Kier alpha value is -1.14. The van der Waals surface area contributed by atoms with Crippen LogP contribution in [0.2, 0.25) is 5.15 Å². The van der Waals surface area contributed by atoms with E-state index in [-0.39, 0.29) is 11.8 Å². The molecule has 4 rings (SSSR count). The van der Waals surface area contributed by atoms with Crippen LogP contribution in [0.4, 0.5) is 0 Å². The largest absolute Gasteiger partial charge is 0.339 e. The quantitative estimate of drug-likeness (QED) is 0.776. The van der Waals surface area contributed by atoms with Crippen LogP contribution in [0.1, 0.15) is 37.4 Å². The molecule has 2 atom stereocenters. The Morgan fingerprint density at radius 1 is 1.33 bits per heavy atom. The third-order valence-electron chi connectivity index (χ3n) is 4.58. The summed E-state index contributed by atoms with van der Waals surface area (Å²) in [6.07, 6.45) is 7.37. The lowest BCUT2D eigenvalue weighted by Crippen LogP contribution is -2.41. The molecule has 0 saturated carbocycles. The van der Waals surface area contributed by atoms with Gasteiger partial charge in [-0.25, -0.2) is 9.97 Å². The number of aromatic nitrogens is 3. The van der Waals surface area contributed by atoms with E-state index in [9.17, 15) is 4.79 Å². The van der Waals surface area contributed by atoms with E-state index in [1.54, 1.807) is 6.20 Å². The Bertz CT molecular complexity index is 731. The van der Waals surface area contributed by atoms with Crippen molar-refractivity contribution in [1.82, 2.24) is 19.3 Å². The second-order valence-corrected chi connectivity index (χ2v) is 6.82. The smallest absolute Gasteiger partial charge is 0.222 e. The maximum Gasteiger partial charge on any atom is 0.222 e. The number of amides is 1. The van der Waals surface area contributed by atoms with Crippen molar-refractivity contribution in [2.75, 3.05) is 6.54 Å². The van der Waals surface area contributed by atoms with Gasteiger partial charge in [-0.2, -0.15) is 0 Å². The molecule has 7 heteroatoms. The van der Waals surface area contributed by atoms with Crippen molar-refractivity contribution < 1.29 is 4.79 Å². The molecule has 1 amide bonds. The van der Waals surface area contributed by atoms with E-state index in [1.807, 2.05) is 15.5 Å². The first kappa shape index (κ1) is 13.5. The van der Waals surface area contributed by atoms with Gasteiger partial charge in [0.1, 0.15) is 15.9 Å². The van der Waals surface area contributed by atoms with Crippen LogP contribution in [0.3, 0.4) is 0 Å². The molecule has 2 aliphatic heterocycles. The fraction of sp³-hybridized carbons (Fsp3) is 0.500. The van der Waals surface area contributed by atoms with Gasteiger partial charge in [-0.15, -0.1) is 0 Å². The van der Waals surface area contributed by atoms with E-state index in [0.717, 1.165) is 37.1 Å². The normalized spacial score (nSPS) is 25.6. The summed E-state index contributed by atoms with van der Waals surface area (Å²) in [6.45, 7) is 0.759. The Balaban J connectivity index is 1.74. The van der Waals surface area contributed by atoms with E-state index < -0.39 is 0 Å². The van der Waals surface area contributed by atoms with E-state index >= 15 is 0 Å². The van der Waals surface area contributed by atoms with Crippen molar-refractivity contribution in [3.8, 4) is 0 Å². The van der Waals surface area contributed by atoms with Gasteiger partial charge in [0, 0.05) is 37.3 Å². The molecule has 0 bridgehead atoms. The van der Waals surface area contributed by atoms with E-state index in [0.29, 0.717) is 22.2 Å². The number of piperidine rings is 1. The highest BCUT2D eigenvalue weighted by atomic mass is 79.9. The zero-order valence-electron chi connectivity index (χ0n) is 11.3. The van der Waals surface area contributed by atoms with Gasteiger partial charge in [0.05, 0.1) is 0 Å². The van der Waals surface area contributed by atoms with Gasteiger partial charge < -0.3 is 4.90 Å². The van der Waals surface area contributed by atoms with Crippen molar-refractivity contribution in [1.29, 1.82) is 0 Å². The number of hydrogen-bond donors (Lipinski definition) is 0. The average Bonchev–Trinajstić information content (AvgIpc) is 3.01. The Morgan fingerprint density at radius 2 is 2.19 bits per heavy atom. The van der Waals surface area contributed by atoms with Crippen molar-refractivity contribution in [2.24, 2.45) is 0 Å². The van der Waals surface area contributed by atoms with Gasteiger partial charge in [-0.3, -0.25) is 9.20 Å². The number of carbonyl (C=O) groups is 1. The first-order valence-corrected chi connectivity index (χ1v) is 8.29. The average molecular weight is 370 g/mol. The fourth-order valence-corrected chi connectivity index (χ4v) is 4.46. The lowest BCUT2D eigenvalue weighted by molar-refractivity contribution is -0.130. The molecule has 0 radical (unpaired) electrons. The molecule has 2 saturated heterocycles. The minimum absolute atomic E-state index is 0.251. The predicted molar refractivity (Wildman–Crippen MR) is 82.4 cm³/mol. The minimum Gasteiger partial charge on any atom is -0.339 e. The van der Waals surface area contributed by atoms with Crippen LogP contribution < -0.4 is 0 Å². The van der Waals surface area contributed by atoms with Crippen molar-refractivity contribution in [3.05, 3.63) is 28.0 Å². The topological polar surface area (TPSA) is 50.5 Å².